The molecule has 4 aromatic rings. The van der Waals surface area contributed by atoms with Gasteiger partial charge in [-0.25, -0.2) is 9.78 Å². The molecule has 0 spiro atoms. The molecule has 0 aliphatic carbocycles. The third-order valence-corrected chi connectivity index (χ3v) is 7.03. The van der Waals surface area contributed by atoms with Crippen molar-refractivity contribution >= 4 is 45.6 Å². The lowest BCUT2D eigenvalue weighted by atomic mass is 9.91. The Morgan fingerprint density at radius 1 is 1.08 bits per heavy atom. The fourth-order valence-corrected chi connectivity index (χ4v) is 5.06. The molecule has 1 saturated heterocycles. The van der Waals surface area contributed by atoms with Gasteiger partial charge in [0.15, 0.2) is 0 Å². The fourth-order valence-electron chi connectivity index (χ4n) is 4.57. The number of aliphatic hydroxyl groups excluding tert-OH is 1. The number of carbonyl (C=O) groups is 2. The highest BCUT2D eigenvalue weighted by Gasteiger charge is 2.46. The Morgan fingerprint density at radius 3 is 2.56 bits per heavy atom. The highest BCUT2D eigenvalue weighted by atomic mass is 127. The number of amides is 3. The van der Waals surface area contributed by atoms with Crippen LogP contribution in [0.1, 0.15) is 41.9 Å². The second kappa shape index (κ2) is 10.3. The van der Waals surface area contributed by atoms with E-state index in [1.807, 2.05) is 55.5 Å². The van der Waals surface area contributed by atoms with Crippen LogP contribution in [0.25, 0.3) is 11.0 Å². The van der Waals surface area contributed by atoms with Crippen molar-refractivity contribution in [3.8, 4) is 5.75 Å². The molecule has 3 amide bonds. The van der Waals surface area contributed by atoms with Gasteiger partial charge in [0.1, 0.15) is 30.3 Å². The first kappa shape index (κ1) is 24.3. The molecule has 3 N–H and O–H groups in total. The summed E-state index contributed by atoms with van der Waals surface area (Å²) in [6, 6.07) is 20.7. The van der Waals surface area contributed by atoms with Gasteiger partial charge in [0.05, 0.1) is 17.6 Å². The predicted octanol–water partition coefficient (Wildman–Crippen LogP) is 4.68. The molecule has 1 unspecified atom stereocenters. The van der Waals surface area contributed by atoms with Crippen LogP contribution in [-0.2, 0) is 4.79 Å². The van der Waals surface area contributed by atoms with Crippen molar-refractivity contribution in [2.45, 2.75) is 24.9 Å². The van der Waals surface area contributed by atoms with E-state index in [2.05, 4.69) is 32.9 Å². The second-order valence-corrected chi connectivity index (χ2v) is 9.91. The smallest absolute Gasteiger partial charge is 0.325 e. The van der Waals surface area contributed by atoms with Crippen LogP contribution in [0, 0.1) is 3.57 Å². The number of halogens is 1. The molecule has 5 rings (SSSR count). The van der Waals surface area contributed by atoms with Gasteiger partial charge in [-0.15, -0.1) is 0 Å². The molecule has 3 atom stereocenters. The van der Waals surface area contributed by atoms with Crippen LogP contribution >= 0.6 is 22.6 Å². The molecule has 8 nitrogen and oxygen atoms in total. The molecule has 1 aromatic heterocycles. The summed E-state index contributed by atoms with van der Waals surface area (Å²) in [5, 5.41) is 11.8. The summed E-state index contributed by atoms with van der Waals surface area (Å²) >= 11 is 2.24. The molecule has 2 heterocycles. The fraction of sp³-hybridized carbons (Fsp3) is 0.222. The number of nitrogens with zero attached hydrogens (tertiary/aromatic N) is 2. The van der Waals surface area contributed by atoms with Gasteiger partial charge in [0.2, 0.25) is 0 Å². The molecular weight excluding hydrogens is 571 g/mol. The van der Waals surface area contributed by atoms with Crippen LogP contribution < -0.4 is 10.1 Å². The number of aliphatic hydroxyl groups is 1. The zero-order chi connectivity index (χ0) is 25.2. The molecule has 0 radical (unpaired) electrons. The van der Waals surface area contributed by atoms with E-state index in [4.69, 9.17) is 14.8 Å². The molecule has 0 bridgehead atoms. The number of aromatic nitrogens is 2. The Hall–Kier alpha value is -3.44. The number of hydrogen-bond acceptors (Lipinski definition) is 5. The van der Waals surface area contributed by atoms with E-state index in [1.165, 1.54) is 4.90 Å². The molecule has 1 fully saturated rings. The lowest BCUT2D eigenvalue weighted by Crippen LogP contribution is -2.38. The summed E-state index contributed by atoms with van der Waals surface area (Å²) in [6.45, 7) is 2.09. The average Bonchev–Trinajstić information content (AvgIpc) is 3.44. The molecule has 9 heteroatoms. The van der Waals surface area contributed by atoms with Crippen LogP contribution in [0.5, 0.6) is 5.75 Å². The molecule has 1 aliphatic heterocycles. The van der Waals surface area contributed by atoms with E-state index in [0.29, 0.717) is 17.1 Å². The van der Waals surface area contributed by atoms with Crippen LogP contribution in [0.3, 0.4) is 0 Å². The van der Waals surface area contributed by atoms with E-state index in [0.717, 1.165) is 20.2 Å². The standard InChI is InChI=1S/C27H25IN4O4/c1-16(17-5-3-2-4-6-17)24(25-29-21-12-9-19(28)15-22(21)30-25)32-26(34)23(31-27(32)35)18-7-10-20(11-8-18)36-14-13-33/h2-12,15-16,23-24,33H,13-14H2,1H3,(H,29,30)(H,31,35)/t16-,23?,24-/m0/s1. The molecular formula is C27H25IN4O4. The van der Waals surface area contributed by atoms with E-state index in [1.54, 1.807) is 24.3 Å². The van der Waals surface area contributed by atoms with E-state index in [-0.39, 0.29) is 25.0 Å². The maximum Gasteiger partial charge on any atom is 0.325 e. The third-order valence-electron chi connectivity index (χ3n) is 6.36. The maximum absolute atomic E-state index is 13.7. The van der Waals surface area contributed by atoms with Gasteiger partial charge in [-0.1, -0.05) is 49.4 Å². The number of urea groups is 1. The van der Waals surface area contributed by atoms with Gasteiger partial charge >= 0.3 is 6.03 Å². The summed E-state index contributed by atoms with van der Waals surface area (Å²) in [6.07, 6.45) is 0. The second-order valence-electron chi connectivity index (χ2n) is 8.66. The number of nitrogens with one attached hydrogen (secondary N) is 2. The van der Waals surface area contributed by atoms with Gasteiger partial charge in [-0.05, 0) is 64.0 Å². The first-order chi connectivity index (χ1) is 17.5. The number of imide groups is 1. The molecule has 0 saturated carbocycles. The van der Waals surface area contributed by atoms with Crippen molar-refractivity contribution in [3.63, 3.8) is 0 Å². The van der Waals surface area contributed by atoms with E-state index in [9.17, 15) is 9.59 Å². The number of H-pyrrole nitrogens is 1. The summed E-state index contributed by atoms with van der Waals surface area (Å²) in [4.78, 5) is 36.5. The number of aromatic amines is 1. The third kappa shape index (κ3) is 4.68. The maximum atomic E-state index is 13.7. The first-order valence-corrected chi connectivity index (χ1v) is 12.7. The lowest BCUT2D eigenvalue weighted by molar-refractivity contribution is -0.129. The topological polar surface area (TPSA) is 108 Å². The lowest BCUT2D eigenvalue weighted by Gasteiger charge is -2.29. The molecule has 36 heavy (non-hydrogen) atoms. The molecule has 184 valence electrons. The first-order valence-electron chi connectivity index (χ1n) is 11.6. The van der Waals surface area contributed by atoms with Crippen molar-refractivity contribution in [1.29, 1.82) is 0 Å². The summed E-state index contributed by atoms with van der Waals surface area (Å²) in [5.74, 6) is 0.578. The highest BCUT2D eigenvalue weighted by Crippen LogP contribution is 2.39. The van der Waals surface area contributed by atoms with Crippen LogP contribution in [0.15, 0.2) is 72.8 Å². The van der Waals surface area contributed by atoms with E-state index < -0.39 is 18.1 Å². The number of imidazole rings is 1. The van der Waals surface area contributed by atoms with Crippen molar-refractivity contribution in [1.82, 2.24) is 20.2 Å². The van der Waals surface area contributed by atoms with Gasteiger partial charge in [-0.3, -0.25) is 9.69 Å². The summed E-state index contributed by atoms with van der Waals surface area (Å²) in [7, 11) is 0. The predicted molar refractivity (Wildman–Crippen MR) is 144 cm³/mol. The molecule has 1 aliphatic rings. The van der Waals surface area contributed by atoms with Crippen molar-refractivity contribution in [2.24, 2.45) is 0 Å². The normalized spacial score (nSPS) is 17.3. The molecule has 3 aromatic carbocycles. The van der Waals surface area contributed by atoms with Gasteiger partial charge in [0, 0.05) is 9.49 Å². The highest BCUT2D eigenvalue weighted by molar-refractivity contribution is 14.1. The monoisotopic (exact) mass is 596 g/mol. The Kier molecular flexibility index (Phi) is 6.92. The number of benzene rings is 3. The number of fused-ring (bicyclic) bond motifs is 1. The zero-order valence-electron chi connectivity index (χ0n) is 19.5. The number of ether oxygens (including phenoxy) is 1. The summed E-state index contributed by atoms with van der Waals surface area (Å²) in [5.41, 5.74) is 3.27. The number of rotatable bonds is 8. The minimum Gasteiger partial charge on any atom is -0.491 e. The van der Waals surface area contributed by atoms with Gasteiger partial charge < -0.3 is 20.1 Å². The Labute approximate surface area is 221 Å². The average molecular weight is 596 g/mol. The zero-order valence-corrected chi connectivity index (χ0v) is 21.7. The largest absolute Gasteiger partial charge is 0.491 e. The van der Waals surface area contributed by atoms with E-state index >= 15 is 0 Å². The minimum atomic E-state index is -0.819. The van der Waals surface area contributed by atoms with Crippen molar-refractivity contribution in [3.05, 3.63) is 93.3 Å². The van der Waals surface area contributed by atoms with Crippen LogP contribution in [-0.4, -0.2) is 45.1 Å². The Morgan fingerprint density at radius 2 is 1.83 bits per heavy atom. The van der Waals surface area contributed by atoms with Gasteiger partial charge in [0.25, 0.3) is 5.91 Å². The van der Waals surface area contributed by atoms with Crippen LogP contribution in [0.4, 0.5) is 4.79 Å². The SMILES string of the molecule is C[C@@H](c1ccccc1)[C@@H](c1nc2ccc(I)cc2[nH]1)N1C(=O)NC(c2ccc(OCCO)cc2)C1=O. The number of hydrogen-bond donors (Lipinski definition) is 3. The van der Waals surface area contributed by atoms with Gasteiger partial charge in [-0.2, -0.15) is 0 Å². The number of carbonyl (C=O) groups excluding carboxylic acids is 2. The minimum absolute atomic E-state index is 0.0875. The summed E-state index contributed by atoms with van der Waals surface area (Å²) < 4.78 is 6.47. The van der Waals surface area contributed by atoms with Crippen LogP contribution in [0.2, 0.25) is 0 Å². The van der Waals surface area contributed by atoms with Crippen molar-refractivity contribution in [2.75, 3.05) is 13.2 Å². The Bertz CT molecular complexity index is 1390. The quantitative estimate of drug-likeness (QED) is 0.202. The van der Waals surface area contributed by atoms with Crippen molar-refractivity contribution < 1.29 is 19.4 Å². The Balaban J connectivity index is 1.51.